The first kappa shape index (κ1) is 17.2. The van der Waals surface area contributed by atoms with Gasteiger partial charge in [-0.25, -0.2) is 4.98 Å². The highest BCUT2D eigenvalue weighted by Gasteiger charge is 2.32. The van der Waals surface area contributed by atoms with E-state index in [2.05, 4.69) is 14.7 Å². The molecule has 1 N–H and O–H groups in total. The maximum Gasteiger partial charge on any atom is 0.573 e. The summed E-state index contributed by atoms with van der Waals surface area (Å²) in [7, 11) is 0. The predicted molar refractivity (Wildman–Crippen MR) is 78.5 cm³/mol. The Morgan fingerprint density at radius 2 is 2.13 bits per heavy atom. The third-order valence-corrected chi connectivity index (χ3v) is 3.51. The summed E-state index contributed by atoms with van der Waals surface area (Å²) < 4.78 is 40.5. The molecule has 1 heterocycles. The van der Waals surface area contributed by atoms with E-state index in [0.717, 1.165) is 23.9 Å². The van der Waals surface area contributed by atoms with Gasteiger partial charge in [-0.15, -0.1) is 13.2 Å². The molecule has 0 unspecified atom stereocenters. The minimum Gasteiger partial charge on any atom is -0.404 e. The lowest BCUT2D eigenvalue weighted by molar-refractivity contribution is -0.274. The van der Waals surface area contributed by atoms with Crippen LogP contribution in [0.4, 0.5) is 13.2 Å². The molecule has 0 aliphatic heterocycles. The Kier molecular flexibility index (Phi) is 4.87. The van der Waals surface area contributed by atoms with E-state index in [-0.39, 0.29) is 27.0 Å². The van der Waals surface area contributed by atoms with E-state index in [4.69, 9.17) is 16.9 Å². The summed E-state index contributed by atoms with van der Waals surface area (Å²) in [6.07, 6.45) is -3.21. The van der Waals surface area contributed by atoms with Crippen molar-refractivity contribution >= 4 is 23.4 Å². The highest BCUT2D eigenvalue weighted by Crippen LogP contribution is 2.33. The van der Waals surface area contributed by atoms with Crippen molar-refractivity contribution in [3.8, 4) is 23.1 Å². The average Bonchev–Trinajstić information content (AvgIpc) is 2.47. The number of nitriles is 1. The molecule has 0 saturated carbocycles. The molecule has 0 saturated heterocycles. The van der Waals surface area contributed by atoms with Crippen LogP contribution in [0.2, 0.25) is 5.02 Å². The highest BCUT2D eigenvalue weighted by atomic mass is 35.5. The summed E-state index contributed by atoms with van der Waals surface area (Å²) in [6.45, 7) is 0. The van der Waals surface area contributed by atoms with Gasteiger partial charge < -0.3 is 9.72 Å². The molecule has 0 amide bonds. The number of rotatable bonds is 3. The van der Waals surface area contributed by atoms with Crippen molar-refractivity contribution in [2.24, 2.45) is 0 Å². The molecule has 0 aliphatic rings. The summed E-state index contributed by atoms with van der Waals surface area (Å²) >= 11 is 6.91. The van der Waals surface area contributed by atoms with Gasteiger partial charge in [0.15, 0.2) is 5.16 Å². The fourth-order valence-corrected chi connectivity index (χ4v) is 2.31. The van der Waals surface area contributed by atoms with Gasteiger partial charge in [-0.3, -0.25) is 4.79 Å². The lowest BCUT2D eigenvalue weighted by atomic mass is 10.1. The van der Waals surface area contributed by atoms with Crippen molar-refractivity contribution in [1.29, 1.82) is 5.26 Å². The van der Waals surface area contributed by atoms with Gasteiger partial charge in [-0.1, -0.05) is 23.4 Å². The fourth-order valence-electron chi connectivity index (χ4n) is 1.72. The Balaban J connectivity index is 2.56. The molecule has 1 aromatic carbocycles. The standard InChI is InChI=1S/C13H7ClF3N3O2S/c1-23-12-19-10(7(5-18)11(21)20-12)6-2-3-9(8(14)4-6)22-13(15,16)17/h2-4H,1H3,(H,19,20,21). The number of nitrogens with one attached hydrogen (secondary N) is 1. The van der Waals surface area contributed by atoms with Gasteiger partial charge in [0, 0.05) is 5.56 Å². The summed E-state index contributed by atoms with van der Waals surface area (Å²) in [5.74, 6) is -0.587. The van der Waals surface area contributed by atoms with Crippen molar-refractivity contribution in [2.45, 2.75) is 11.5 Å². The molecule has 120 valence electrons. The zero-order valence-electron chi connectivity index (χ0n) is 11.4. The number of benzene rings is 1. The smallest absolute Gasteiger partial charge is 0.404 e. The number of hydrogen-bond acceptors (Lipinski definition) is 5. The molecule has 0 aliphatic carbocycles. The van der Waals surface area contributed by atoms with Crippen LogP contribution in [0.1, 0.15) is 5.56 Å². The van der Waals surface area contributed by atoms with Crippen molar-refractivity contribution < 1.29 is 17.9 Å². The molecule has 10 heteroatoms. The Morgan fingerprint density at radius 3 is 2.65 bits per heavy atom. The zero-order chi connectivity index (χ0) is 17.2. The Morgan fingerprint density at radius 1 is 1.43 bits per heavy atom. The number of aromatic amines is 1. The first-order valence-electron chi connectivity index (χ1n) is 5.89. The van der Waals surface area contributed by atoms with Crippen molar-refractivity contribution in [1.82, 2.24) is 9.97 Å². The van der Waals surface area contributed by atoms with Crippen molar-refractivity contribution in [3.63, 3.8) is 0 Å². The lowest BCUT2D eigenvalue weighted by Crippen LogP contribution is -2.17. The molecule has 0 atom stereocenters. The molecule has 2 aromatic rings. The second-order valence-electron chi connectivity index (χ2n) is 4.10. The van der Waals surface area contributed by atoms with Gasteiger partial charge in [0.05, 0.1) is 10.7 Å². The second kappa shape index (κ2) is 6.52. The molecule has 23 heavy (non-hydrogen) atoms. The number of thioether (sulfide) groups is 1. The summed E-state index contributed by atoms with van der Waals surface area (Å²) in [5, 5.41) is 9.01. The highest BCUT2D eigenvalue weighted by molar-refractivity contribution is 7.98. The number of nitrogens with zero attached hydrogens (tertiary/aromatic N) is 2. The molecule has 0 bridgehead atoms. The molecular formula is C13H7ClF3N3O2S. The largest absolute Gasteiger partial charge is 0.573 e. The van der Waals surface area contributed by atoms with Gasteiger partial charge in [0.1, 0.15) is 17.4 Å². The molecule has 0 radical (unpaired) electrons. The van der Waals surface area contributed by atoms with E-state index in [1.807, 2.05) is 0 Å². The first-order valence-corrected chi connectivity index (χ1v) is 7.49. The zero-order valence-corrected chi connectivity index (χ0v) is 12.9. The number of H-pyrrole nitrogens is 1. The van der Waals surface area contributed by atoms with E-state index in [0.29, 0.717) is 0 Å². The molecule has 1 aromatic heterocycles. The maximum absolute atomic E-state index is 12.2. The minimum absolute atomic E-state index is 0.0288. The Bertz CT molecular complexity index is 846. The Hall–Kier alpha value is -2.18. The molecule has 2 rings (SSSR count). The molecular weight excluding hydrogens is 355 g/mol. The van der Waals surface area contributed by atoms with Gasteiger partial charge >= 0.3 is 6.36 Å². The van der Waals surface area contributed by atoms with Crippen LogP contribution in [0.5, 0.6) is 5.75 Å². The van der Waals surface area contributed by atoms with E-state index in [1.54, 1.807) is 12.3 Å². The van der Waals surface area contributed by atoms with Crippen LogP contribution in [0.3, 0.4) is 0 Å². The van der Waals surface area contributed by atoms with Crippen molar-refractivity contribution in [2.75, 3.05) is 6.26 Å². The first-order chi connectivity index (χ1) is 10.7. The number of hydrogen-bond donors (Lipinski definition) is 1. The summed E-state index contributed by atoms with van der Waals surface area (Å²) in [4.78, 5) is 18.3. The van der Waals surface area contributed by atoms with E-state index >= 15 is 0 Å². The topological polar surface area (TPSA) is 78.8 Å². The SMILES string of the molecule is CSc1nc(-c2ccc(OC(F)(F)F)c(Cl)c2)c(C#N)c(=O)[nH]1. The lowest BCUT2D eigenvalue weighted by Gasteiger charge is -2.11. The van der Waals surface area contributed by atoms with Gasteiger partial charge in [-0.2, -0.15) is 5.26 Å². The minimum atomic E-state index is -4.88. The quantitative estimate of drug-likeness (QED) is 0.667. The Labute approximate surface area is 137 Å². The van der Waals surface area contributed by atoms with Crippen LogP contribution in [0.25, 0.3) is 11.3 Å². The van der Waals surface area contributed by atoms with Gasteiger partial charge in [-0.05, 0) is 24.5 Å². The molecule has 0 fully saturated rings. The maximum atomic E-state index is 12.2. The van der Waals surface area contributed by atoms with E-state index in [9.17, 15) is 18.0 Å². The number of alkyl halides is 3. The number of halogens is 4. The normalized spacial score (nSPS) is 11.1. The van der Waals surface area contributed by atoms with Gasteiger partial charge in [0.25, 0.3) is 5.56 Å². The molecule has 5 nitrogen and oxygen atoms in total. The monoisotopic (exact) mass is 361 g/mol. The summed E-state index contributed by atoms with van der Waals surface area (Å²) in [5.41, 5.74) is -0.652. The van der Waals surface area contributed by atoms with Crippen LogP contribution < -0.4 is 10.3 Å². The summed E-state index contributed by atoms with van der Waals surface area (Å²) in [6, 6.07) is 5.09. The number of aromatic nitrogens is 2. The number of ether oxygens (including phenoxy) is 1. The average molecular weight is 362 g/mol. The van der Waals surface area contributed by atoms with Crippen molar-refractivity contribution in [3.05, 3.63) is 39.1 Å². The fraction of sp³-hybridized carbons (Fsp3) is 0.154. The van der Waals surface area contributed by atoms with E-state index in [1.165, 1.54) is 6.07 Å². The van der Waals surface area contributed by atoms with E-state index < -0.39 is 17.7 Å². The van der Waals surface area contributed by atoms with Crippen LogP contribution >= 0.6 is 23.4 Å². The van der Waals surface area contributed by atoms with Crippen LogP contribution in [-0.2, 0) is 0 Å². The van der Waals surface area contributed by atoms with Gasteiger partial charge in [0.2, 0.25) is 0 Å². The molecule has 0 spiro atoms. The predicted octanol–water partition coefficient (Wildman–Crippen LogP) is 3.58. The van der Waals surface area contributed by atoms with Crippen LogP contribution in [-0.4, -0.2) is 22.6 Å². The van der Waals surface area contributed by atoms with Crippen LogP contribution in [0.15, 0.2) is 28.2 Å². The third-order valence-electron chi connectivity index (χ3n) is 2.63. The third kappa shape index (κ3) is 3.97. The second-order valence-corrected chi connectivity index (χ2v) is 5.31. The van der Waals surface area contributed by atoms with Crippen LogP contribution in [0, 0.1) is 11.3 Å².